The van der Waals surface area contributed by atoms with E-state index in [9.17, 15) is 4.39 Å². The van der Waals surface area contributed by atoms with Gasteiger partial charge in [0.05, 0.1) is 6.57 Å². The van der Waals surface area contributed by atoms with Crippen molar-refractivity contribution in [2.75, 3.05) is 0 Å². The smallest absolute Gasteiger partial charge is 0.187 e. The molecule has 1 nitrogen and oxygen atoms in total. The lowest BCUT2D eigenvalue weighted by molar-refractivity contribution is 0.523. The van der Waals surface area contributed by atoms with Gasteiger partial charge in [-0.25, -0.2) is 9.24 Å². The summed E-state index contributed by atoms with van der Waals surface area (Å²) in [5.74, 6) is -0.236. The van der Waals surface area contributed by atoms with Gasteiger partial charge in [-0.2, -0.15) is 0 Å². The maximum atomic E-state index is 13.3. The Labute approximate surface area is 78.0 Å². The minimum Gasteiger partial charge on any atom is -0.238 e. The third-order valence-electron chi connectivity index (χ3n) is 1.89. The van der Waals surface area contributed by atoms with E-state index in [4.69, 9.17) is 6.57 Å². The highest BCUT2D eigenvalue weighted by Crippen LogP contribution is 2.28. The van der Waals surface area contributed by atoms with Gasteiger partial charge in [0, 0.05) is 0 Å². The molecule has 0 atom stereocenters. The number of halogens is 1. The first-order chi connectivity index (χ1) is 5.95. The molecular weight excluding hydrogens is 165 g/mol. The molecule has 0 bridgehead atoms. The molecule has 0 heterocycles. The summed E-state index contributed by atoms with van der Waals surface area (Å²) >= 11 is 0. The lowest BCUT2D eigenvalue weighted by Crippen LogP contribution is -2.13. The molecule has 0 unspecified atom stereocenters. The quantitative estimate of drug-likeness (QED) is 0.532. The van der Waals surface area contributed by atoms with Gasteiger partial charge in [0.25, 0.3) is 0 Å². The molecule has 0 radical (unpaired) electrons. The van der Waals surface area contributed by atoms with Crippen LogP contribution in [0.5, 0.6) is 0 Å². The molecule has 0 spiro atoms. The van der Waals surface area contributed by atoms with Gasteiger partial charge in [0.15, 0.2) is 5.69 Å². The number of nitrogens with zero attached hydrogens (tertiary/aromatic N) is 1. The molecule has 0 aliphatic rings. The molecule has 0 saturated heterocycles. The van der Waals surface area contributed by atoms with Crippen LogP contribution < -0.4 is 0 Å². The van der Waals surface area contributed by atoms with Crippen molar-refractivity contribution in [2.24, 2.45) is 0 Å². The van der Waals surface area contributed by atoms with Crippen LogP contribution in [0, 0.1) is 12.4 Å². The van der Waals surface area contributed by atoms with Gasteiger partial charge in [-0.05, 0) is 23.1 Å². The van der Waals surface area contributed by atoms with E-state index >= 15 is 0 Å². The van der Waals surface area contributed by atoms with Crippen molar-refractivity contribution >= 4 is 5.69 Å². The van der Waals surface area contributed by atoms with E-state index in [-0.39, 0.29) is 11.2 Å². The van der Waals surface area contributed by atoms with E-state index in [1.807, 2.05) is 20.8 Å². The van der Waals surface area contributed by atoms with Gasteiger partial charge in [-0.1, -0.05) is 26.8 Å². The zero-order valence-electron chi connectivity index (χ0n) is 8.06. The van der Waals surface area contributed by atoms with Gasteiger partial charge in [0.2, 0.25) is 0 Å². The zero-order valence-corrected chi connectivity index (χ0v) is 8.06. The Bertz CT molecular complexity index is 355. The Morgan fingerprint density at radius 2 is 1.92 bits per heavy atom. The second-order valence-corrected chi connectivity index (χ2v) is 4.03. The summed E-state index contributed by atoms with van der Waals surface area (Å²) in [4.78, 5) is 3.27. The van der Waals surface area contributed by atoms with E-state index in [0.717, 1.165) is 0 Å². The van der Waals surface area contributed by atoms with Crippen molar-refractivity contribution in [1.29, 1.82) is 0 Å². The van der Waals surface area contributed by atoms with E-state index in [0.29, 0.717) is 11.3 Å². The maximum Gasteiger partial charge on any atom is 0.187 e. The molecule has 0 aliphatic carbocycles. The summed E-state index contributed by atoms with van der Waals surface area (Å²) in [5.41, 5.74) is 0.845. The Morgan fingerprint density at radius 1 is 1.31 bits per heavy atom. The van der Waals surface area contributed by atoms with Crippen molar-refractivity contribution in [1.82, 2.24) is 0 Å². The topological polar surface area (TPSA) is 4.36 Å². The molecule has 0 amide bonds. The predicted octanol–water partition coefficient (Wildman–Crippen LogP) is 3.67. The lowest BCUT2D eigenvalue weighted by Gasteiger charge is -2.19. The van der Waals surface area contributed by atoms with Crippen LogP contribution in [0.2, 0.25) is 0 Å². The Morgan fingerprint density at radius 3 is 2.38 bits per heavy atom. The molecule has 2 heteroatoms. The van der Waals surface area contributed by atoms with Crippen LogP contribution in [0.3, 0.4) is 0 Å². The van der Waals surface area contributed by atoms with Crippen molar-refractivity contribution in [3.05, 3.63) is 41.0 Å². The van der Waals surface area contributed by atoms with Crippen LogP contribution in [0.1, 0.15) is 26.3 Å². The maximum absolute atomic E-state index is 13.3. The van der Waals surface area contributed by atoms with Crippen molar-refractivity contribution in [3.8, 4) is 0 Å². The Hall–Kier alpha value is -1.36. The highest BCUT2D eigenvalue weighted by Gasteiger charge is 2.18. The standard InChI is InChI=1S/C11H12FN/c1-11(2,3)9-7-8(13-4)5-6-10(9)12/h5-7H,1-3H3. The number of hydrogen-bond donors (Lipinski definition) is 0. The van der Waals surface area contributed by atoms with Crippen LogP contribution in [0.15, 0.2) is 18.2 Å². The molecule has 68 valence electrons. The van der Waals surface area contributed by atoms with E-state index in [2.05, 4.69) is 4.85 Å². The SMILES string of the molecule is [C-]#[N+]c1ccc(F)c(C(C)(C)C)c1. The van der Waals surface area contributed by atoms with Gasteiger partial charge in [-0.3, -0.25) is 0 Å². The number of hydrogen-bond acceptors (Lipinski definition) is 0. The first-order valence-electron chi connectivity index (χ1n) is 4.12. The molecule has 1 aromatic rings. The molecule has 1 aromatic carbocycles. The summed E-state index contributed by atoms with van der Waals surface area (Å²) in [6.45, 7) is 12.6. The fraction of sp³-hybridized carbons (Fsp3) is 0.364. The highest BCUT2D eigenvalue weighted by molar-refractivity contribution is 5.48. The summed E-state index contributed by atoms with van der Waals surface area (Å²) in [5, 5.41) is 0. The number of rotatable bonds is 0. The number of benzene rings is 1. The lowest BCUT2D eigenvalue weighted by atomic mass is 9.86. The van der Waals surface area contributed by atoms with Crippen molar-refractivity contribution in [2.45, 2.75) is 26.2 Å². The molecule has 0 aliphatic heterocycles. The zero-order chi connectivity index (χ0) is 10.1. The first kappa shape index (κ1) is 9.73. The van der Waals surface area contributed by atoms with Gasteiger partial charge in [-0.15, -0.1) is 0 Å². The molecule has 0 N–H and O–H groups in total. The summed E-state index contributed by atoms with van der Waals surface area (Å²) in [7, 11) is 0. The fourth-order valence-corrected chi connectivity index (χ4v) is 1.16. The van der Waals surface area contributed by atoms with Crippen LogP contribution >= 0.6 is 0 Å². The van der Waals surface area contributed by atoms with Crippen molar-refractivity contribution in [3.63, 3.8) is 0 Å². The molecule has 1 rings (SSSR count). The van der Waals surface area contributed by atoms with Crippen LogP contribution in [-0.2, 0) is 5.41 Å². The predicted molar refractivity (Wildman–Crippen MR) is 51.4 cm³/mol. The van der Waals surface area contributed by atoms with Gasteiger partial charge in [0.1, 0.15) is 5.82 Å². The van der Waals surface area contributed by atoms with E-state index < -0.39 is 0 Å². The minimum absolute atomic E-state index is 0.236. The van der Waals surface area contributed by atoms with Gasteiger partial charge >= 0.3 is 0 Å². The molecule has 0 saturated carbocycles. The largest absolute Gasteiger partial charge is 0.238 e. The van der Waals surface area contributed by atoms with E-state index in [1.165, 1.54) is 12.1 Å². The fourth-order valence-electron chi connectivity index (χ4n) is 1.16. The monoisotopic (exact) mass is 177 g/mol. The third kappa shape index (κ3) is 2.06. The van der Waals surface area contributed by atoms with Crippen molar-refractivity contribution < 1.29 is 4.39 Å². The van der Waals surface area contributed by atoms with Gasteiger partial charge < -0.3 is 0 Å². The average Bonchev–Trinajstić information content (AvgIpc) is 2.03. The molecular formula is C11H12FN. The highest BCUT2D eigenvalue weighted by atomic mass is 19.1. The summed E-state index contributed by atoms with van der Waals surface area (Å²) in [6.07, 6.45) is 0. The summed E-state index contributed by atoms with van der Waals surface area (Å²) < 4.78 is 13.3. The van der Waals surface area contributed by atoms with Crippen LogP contribution in [0.25, 0.3) is 4.85 Å². The molecule has 0 aromatic heterocycles. The molecule has 0 fully saturated rings. The van der Waals surface area contributed by atoms with Crippen LogP contribution in [0.4, 0.5) is 10.1 Å². The first-order valence-corrected chi connectivity index (χ1v) is 4.12. The summed E-state index contributed by atoms with van der Waals surface area (Å²) in [6, 6.07) is 4.47. The third-order valence-corrected chi connectivity index (χ3v) is 1.89. The average molecular weight is 177 g/mol. The van der Waals surface area contributed by atoms with E-state index in [1.54, 1.807) is 6.07 Å². The Balaban J connectivity index is 3.29. The normalized spacial score (nSPS) is 11.0. The second-order valence-electron chi connectivity index (χ2n) is 4.03. The Kier molecular flexibility index (Phi) is 2.38. The second kappa shape index (κ2) is 3.18. The molecule has 13 heavy (non-hydrogen) atoms. The minimum atomic E-state index is -0.245. The van der Waals surface area contributed by atoms with Crippen LogP contribution in [-0.4, -0.2) is 0 Å².